The molecular formula is C27H28Br2O10. The second-order valence-electron chi connectivity index (χ2n) is 8.86. The smallest absolute Gasteiger partial charge is 0.338 e. The molecule has 2 aromatic rings. The lowest BCUT2D eigenvalue weighted by molar-refractivity contribution is -0.311. The van der Waals surface area contributed by atoms with Crippen LogP contribution in [-0.4, -0.2) is 67.3 Å². The van der Waals surface area contributed by atoms with E-state index in [1.807, 2.05) is 0 Å². The number of benzene rings is 2. The maximum Gasteiger partial charge on any atom is 0.338 e. The number of carbonyl (C=O) groups is 4. The van der Waals surface area contributed by atoms with Gasteiger partial charge in [0.05, 0.1) is 17.2 Å². The van der Waals surface area contributed by atoms with Crippen LogP contribution in [0.1, 0.15) is 48.4 Å². The Morgan fingerprint density at radius 1 is 0.744 bits per heavy atom. The van der Waals surface area contributed by atoms with Crippen molar-refractivity contribution in [3.8, 4) is 0 Å². The molecule has 0 spiro atoms. The summed E-state index contributed by atoms with van der Waals surface area (Å²) in [5, 5.41) is 0. The molecule has 1 aliphatic heterocycles. The summed E-state index contributed by atoms with van der Waals surface area (Å²) in [6.45, 7) is 5.41. The van der Waals surface area contributed by atoms with Gasteiger partial charge in [-0.15, -0.1) is 0 Å². The number of rotatable bonds is 9. The molecule has 12 heteroatoms. The van der Waals surface area contributed by atoms with Crippen LogP contribution < -0.4 is 0 Å². The minimum Gasteiger partial charge on any atom is -0.459 e. The number of ether oxygens (including phenoxy) is 6. The Hall–Kier alpha value is -2.80. The maximum atomic E-state index is 13.1. The first kappa shape index (κ1) is 30.7. The van der Waals surface area contributed by atoms with E-state index in [4.69, 9.17) is 28.4 Å². The fourth-order valence-corrected chi connectivity index (χ4v) is 4.31. The van der Waals surface area contributed by atoms with Crippen molar-refractivity contribution in [3.63, 3.8) is 0 Å². The summed E-state index contributed by atoms with van der Waals surface area (Å²) in [6, 6.07) is 12.9. The molecule has 3 rings (SSSR count). The molecule has 10 nitrogen and oxygen atoms in total. The summed E-state index contributed by atoms with van der Waals surface area (Å²) in [4.78, 5) is 49.9. The highest BCUT2D eigenvalue weighted by atomic mass is 79.9. The van der Waals surface area contributed by atoms with E-state index in [2.05, 4.69) is 31.9 Å². The maximum absolute atomic E-state index is 13.1. The molecule has 0 N–H and O–H groups in total. The molecule has 1 fully saturated rings. The van der Waals surface area contributed by atoms with Crippen LogP contribution in [0.5, 0.6) is 0 Å². The predicted molar refractivity (Wildman–Crippen MR) is 144 cm³/mol. The van der Waals surface area contributed by atoms with Gasteiger partial charge in [-0.2, -0.15) is 0 Å². The molecule has 5 atom stereocenters. The topological polar surface area (TPSA) is 124 Å². The first-order valence-corrected chi connectivity index (χ1v) is 13.6. The Bertz CT molecular complexity index is 1170. The highest BCUT2D eigenvalue weighted by Crippen LogP contribution is 2.31. The SMILES string of the molecule is CC(=O)O[C@H]1[C@@H](OC(=O)c2ccc(Br)cc2)[C@@H](COC(=O)c2ccc(Br)cc2)O[C@@H](OC(C)C)[C@@H]1OC(C)=O. The number of carbonyl (C=O) groups excluding carboxylic acids is 4. The average molecular weight is 672 g/mol. The van der Waals surface area contributed by atoms with Gasteiger partial charge in [0.15, 0.2) is 24.6 Å². The molecular weight excluding hydrogens is 644 g/mol. The molecule has 0 saturated carbocycles. The minimum absolute atomic E-state index is 0.204. The minimum atomic E-state index is -1.33. The normalized spacial score (nSPS) is 22.6. The van der Waals surface area contributed by atoms with Crippen molar-refractivity contribution < 1.29 is 47.6 Å². The van der Waals surface area contributed by atoms with Gasteiger partial charge >= 0.3 is 23.9 Å². The molecule has 1 saturated heterocycles. The van der Waals surface area contributed by atoms with E-state index in [0.29, 0.717) is 0 Å². The van der Waals surface area contributed by atoms with Gasteiger partial charge in [0, 0.05) is 22.8 Å². The van der Waals surface area contributed by atoms with Crippen molar-refractivity contribution in [1.29, 1.82) is 0 Å². The average Bonchev–Trinajstić information content (AvgIpc) is 2.86. The summed E-state index contributed by atoms with van der Waals surface area (Å²) < 4.78 is 35.6. The Balaban J connectivity index is 1.95. The highest BCUT2D eigenvalue weighted by Gasteiger charge is 2.53. The Kier molecular flexibility index (Phi) is 11.0. The van der Waals surface area contributed by atoms with Gasteiger partial charge in [0.25, 0.3) is 0 Å². The van der Waals surface area contributed by atoms with E-state index < -0.39 is 61.2 Å². The van der Waals surface area contributed by atoms with Gasteiger partial charge in [0.2, 0.25) is 0 Å². The van der Waals surface area contributed by atoms with E-state index in [1.165, 1.54) is 19.1 Å². The van der Waals surface area contributed by atoms with Gasteiger partial charge in [0.1, 0.15) is 12.7 Å². The molecule has 0 bridgehead atoms. The van der Waals surface area contributed by atoms with Crippen molar-refractivity contribution >= 4 is 55.7 Å². The van der Waals surface area contributed by atoms with Crippen molar-refractivity contribution in [2.75, 3.05) is 6.61 Å². The molecule has 0 amide bonds. The first-order chi connectivity index (χ1) is 18.4. The molecule has 1 aliphatic rings. The second-order valence-corrected chi connectivity index (χ2v) is 10.7. The van der Waals surface area contributed by atoms with E-state index >= 15 is 0 Å². The lowest BCUT2D eigenvalue weighted by Gasteiger charge is -2.44. The zero-order valence-electron chi connectivity index (χ0n) is 21.6. The number of esters is 4. The van der Waals surface area contributed by atoms with Crippen molar-refractivity contribution in [1.82, 2.24) is 0 Å². The third-order valence-corrected chi connectivity index (χ3v) is 6.44. The zero-order valence-corrected chi connectivity index (χ0v) is 24.8. The number of hydrogen-bond donors (Lipinski definition) is 0. The molecule has 0 unspecified atom stereocenters. The highest BCUT2D eigenvalue weighted by molar-refractivity contribution is 9.10. The van der Waals surface area contributed by atoms with Crippen molar-refractivity contribution in [2.45, 2.75) is 64.5 Å². The van der Waals surface area contributed by atoms with Crippen LogP contribution in [0.25, 0.3) is 0 Å². The van der Waals surface area contributed by atoms with Crippen LogP contribution >= 0.6 is 31.9 Å². The molecule has 2 aromatic carbocycles. The van der Waals surface area contributed by atoms with Gasteiger partial charge in [-0.1, -0.05) is 31.9 Å². The van der Waals surface area contributed by atoms with Gasteiger partial charge in [-0.05, 0) is 62.4 Å². The second kappa shape index (κ2) is 14.0. The van der Waals surface area contributed by atoms with Crippen LogP contribution in [-0.2, 0) is 38.0 Å². The Morgan fingerprint density at radius 2 is 1.23 bits per heavy atom. The summed E-state index contributed by atoms with van der Waals surface area (Å²) in [6.07, 6.45) is -6.71. The molecule has 39 heavy (non-hydrogen) atoms. The molecule has 0 radical (unpaired) electrons. The standard InChI is InChI=1S/C27H28Br2O10/c1-14(2)35-27-24(37-16(4)31)23(36-15(3)30)22(39-26(33)18-7-11-20(29)12-8-18)21(38-27)13-34-25(32)17-5-9-19(28)10-6-17/h5-12,14,21-24,27H,13H2,1-4H3/t21-,22+,23+,24-,27-/m1/s1. The predicted octanol–water partition coefficient (Wildman–Crippen LogP) is 4.61. The number of halogens is 2. The Morgan fingerprint density at radius 3 is 1.72 bits per heavy atom. The van der Waals surface area contributed by atoms with Crippen molar-refractivity contribution in [3.05, 3.63) is 68.6 Å². The summed E-state index contributed by atoms with van der Waals surface area (Å²) in [7, 11) is 0. The van der Waals surface area contributed by atoms with Crippen LogP contribution in [0.4, 0.5) is 0 Å². The molecule has 0 aliphatic carbocycles. The third kappa shape index (κ3) is 8.85. The van der Waals surface area contributed by atoms with E-state index in [0.717, 1.165) is 15.9 Å². The summed E-state index contributed by atoms with van der Waals surface area (Å²) in [5.74, 6) is -2.84. The van der Waals surface area contributed by atoms with Crippen LogP contribution in [0.2, 0.25) is 0 Å². The van der Waals surface area contributed by atoms with Gasteiger partial charge in [-0.25, -0.2) is 9.59 Å². The van der Waals surface area contributed by atoms with Crippen LogP contribution in [0, 0.1) is 0 Å². The monoisotopic (exact) mass is 670 g/mol. The van der Waals surface area contributed by atoms with E-state index in [9.17, 15) is 19.2 Å². The first-order valence-electron chi connectivity index (χ1n) is 12.0. The molecule has 210 valence electrons. The molecule has 1 heterocycles. The summed E-state index contributed by atoms with van der Waals surface area (Å²) in [5.41, 5.74) is 0.483. The van der Waals surface area contributed by atoms with E-state index in [1.54, 1.807) is 50.2 Å². The fourth-order valence-electron chi connectivity index (χ4n) is 3.78. The lowest BCUT2D eigenvalue weighted by atomic mass is 9.98. The molecule has 0 aromatic heterocycles. The largest absolute Gasteiger partial charge is 0.459 e. The van der Waals surface area contributed by atoms with Crippen LogP contribution in [0.3, 0.4) is 0 Å². The summed E-state index contributed by atoms with van der Waals surface area (Å²) >= 11 is 6.62. The lowest BCUT2D eigenvalue weighted by Crippen LogP contribution is -2.63. The number of hydrogen-bond acceptors (Lipinski definition) is 10. The Labute approximate surface area is 242 Å². The quantitative estimate of drug-likeness (QED) is 0.276. The fraction of sp³-hybridized carbons (Fsp3) is 0.407. The van der Waals surface area contributed by atoms with Gasteiger partial charge in [-0.3, -0.25) is 9.59 Å². The van der Waals surface area contributed by atoms with Crippen LogP contribution in [0.15, 0.2) is 57.5 Å². The van der Waals surface area contributed by atoms with E-state index in [-0.39, 0.29) is 17.2 Å². The van der Waals surface area contributed by atoms with Gasteiger partial charge < -0.3 is 28.4 Å². The van der Waals surface area contributed by atoms with Crippen molar-refractivity contribution in [2.24, 2.45) is 0 Å². The zero-order chi connectivity index (χ0) is 28.7. The third-order valence-electron chi connectivity index (χ3n) is 5.38.